The van der Waals surface area contributed by atoms with Crippen molar-refractivity contribution in [3.8, 4) is 0 Å². The lowest BCUT2D eigenvalue weighted by atomic mass is 9.94. The van der Waals surface area contributed by atoms with Gasteiger partial charge in [-0.25, -0.2) is 8.78 Å². The molecule has 1 saturated carbocycles. The first-order valence-corrected chi connectivity index (χ1v) is 7.75. The van der Waals surface area contributed by atoms with Crippen LogP contribution in [0.3, 0.4) is 0 Å². The van der Waals surface area contributed by atoms with Gasteiger partial charge in [0, 0.05) is 23.8 Å². The number of alkyl halides is 2. The molecule has 1 fully saturated rings. The monoisotopic (exact) mass is 286 g/mol. The second kappa shape index (κ2) is 6.20. The quantitative estimate of drug-likeness (QED) is 0.492. The van der Waals surface area contributed by atoms with Crippen molar-refractivity contribution < 1.29 is 8.78 Å². The van der Waals surface area contributed by atoms with Gasteiger partial charge in [0.05, 0.1) is 0 Å². The maximum Gasteiger partial charge on any atom is 0.248 e. The number of nitrogens with two attached hydrogens (primary N) is 1. The minimum Gasteiger partial charge on any atom is -0.271 e. The first-order valence-electron chi connectivity index (χ1n) is 6.52. The average Bonchev–Trinajstić information content (AvgIpc) is 2.75. The van der Waals surface area contributed by atoms with Crippen molar-refractivity contribution in [3.63, 3.8) is 0 Å². The van der Waals surface area contributed by atoms with E-state index in [9.17, 15) is 8.78 Å². The van der Waals surface area contributed by atoms with Crippen molar-refractivity contribution in [1.29, 1.82) is 0 Å². The van der Waals surface area contributed by atoms with Gasteiger partial charge in [-0.15, -0.1) is 11.8 Å². The number of benzene rings is 1. The van der Waals surface area contributed by atoms with E-state index in [4.69, 9.17) is 5.84 Å². The highest BCUT2D eigenvalue weighted by Gasteiger charge is 2.40. The number of hydrogen-bond acceptors (Lipinski definition) is 3. The Balaban J connectivity index is 2.08. The standard InChI is InChI=1S/C14H20F2N2S/c1-19-13-5-3-2-4-11(13)12(18-17)8-10-6-7-14(15,16)9-10/h2-5,10,12,18H,6-9,17H2,1H3. The maximum atomic E-state index is 13.2. The molecule has 3 N–H and O–H groups in total. The topological polar surface area (TPSA) is 38.0 Å². The molecule has 0 saturated heterocycles. The van der Waals surface area contributed by atoms with Crippen LogP contribution in [-0.2, 0) is 0 Å². The van der Waals surface area contributed by atoms with Gasteiger partial charge in [0.25, 0.3) is 0 Å². The summed E-state index contributed by atoms with van der Waals surface area (Å²) in [5, 5.41) is 0. The molecular weight excluding hydrogens is 266 g/mol. The lowest BCUT2D eigenvalue weighted by Gasteiger charge is -2.22. The summed E-state index contributed by atoms with van der Waals surface area (Å²) in [6, 6.07) is 7.94. The van der Waals surface area contributed by atoms with E-state index in [1.54, 1.807) is 11.8 Å². The summed E-state index contributed by atoms with van der Waals surface area (Å²) in [4.78, 5) is 1.15. The van der Waals surface area contributed by atoms with Crippen LogP contribution in [0.15, 0.2) is 29.2 Å². The normalized spacial score (nSPS) is 23.5. The Morgan fingerprint density at radius 2 is 2.21 bits per heavy atom. The van der Waals surface area contributed by atoms with Crippen LogP contribution in [0.1, 0.15) is 37.3 Å². The fraction of sp³-hybridized carbons (Fsp3) is 0.571. The Labute approximate surface area is 117 Å². The zero-order chi connectivity index (χ0) is 13.9. The summed E-state index contributed by atoms with van der Waals surface area (Å²) >= 11 is 1.65. The molecule has 1 aliphatic rings. The molecule has 1 aromatic rings. The zero-order valence-corrected chi connectivity index (χ0v) is 11.9. The van der Waals surface area contributed by atoms with Crippen LogP contribution in [0.4, 0.5) is 8.78 Å². The number of halogens is 2. The molecule has 0 amide bonds. The first kappa shape index (κ1) is 14.8. The van der Waals surface area contributed by atoms with Crippen molar-refractivity contribution in [2.75, 3.05) is 6.26 Å². The largest absolute Gasteiger partial charge is 0.271 e. The summed E-state index contributed by atoms with van der Waals surface area (Å²) in [5.74, 6) is 3.19. The molecule has 106 valence electrons. The van der Waals surface area contributed by atoms with Gasteiger partial charge in [-0.1, -0.05) is 18.2 Å². The molecule has 2 unspecified atom stereocenters. The molecular formula is C14H20F2N2S. The lowest BCUT2D eigenvalue weighted by Crippen LogP contribution is -2.30. The van der Waals surface area contributed by atoms with Gasteiger partial charge in [-0.3, -0.25) is 11.3 Å². The Bertz CT molecular complexity index is 426. The molecule has 0 aromatic heterocycles. The molecule has 0 radical (unpaired) electrons. The second-order valence-corrected chi connectivity index (χ2v) is 6.01. The number of rotatable bonds is 5. The van der Waals surface area contributed by atoms with Crippen molar-refractivity contribution in [1.82, 2.24) is 5.43 Å². The third-order valence-electron chi connectivity index (χ3n) is 3.79. The Hall–Kier alpha value is -0.650. The van der Waals surface area contributed by atoms with E-state index in [1.165, 1.54) is 0 Å². The summed E-state index contributed by atoms with van der Waals surface area (Å²) in [7, 11) is 0. The fourth-order valence-electron chi connectivity index (χ4n) is 2.82. The summed E-state index contributed by atoms with van der Waals surface area (Å²) < 4.78 is 26.5. The van der Waals surface area contributed by atoms with Crippen molar-refractivity contribution in [2.45, 2.75) is 42.5 Å². The van der Waals surface area contributed by atoms with Crippen molar-refractivity contribution >= 4 is 11.8 Å². The van der Waals surface area contributed by atoms with E-state index in [-0.39, 0.29) is 24.8 Å². The smallest absolute Gasteiger partial charge is 0.248 e. The number of thioether (sulfide) groups is 1. The minimum absolute atomic E-state index is 0.00733. The van der Waals surface area contributed by atoms with Crippen LogP contribution in [0.25, 0.3) is 0 Å². The molecule has 19 heavy (non-hydrogen) atoms. The van der Waals surface area contributed by atoms with E-state index in [0.29, 0.717) is 12.8 Å². The Kier molecular flexibility index (Phi) is 4.81. The van der Waals surface area contributed by atoms with E-state index >= 15 is 0 Å². The SMILES string of the molecule is CSc1ccccc1C(CC1CCC(F)(F)C1)NN. The molecule has 0 spiro atoms. The van der Waals surface area contributed by atoms with Gasteiger partial charge < -0.3 is 0 Å². The van der Waals surface area contributed by atoms with Crippen LogP contribution >= 0.6 is 11.8 Å². The maximum absolute atomic E-state index is 13.2. The highest BCUT2D eigenvalue weighted by molar-refractivity contribution is 7.98. The lowest BCUT2D eigenvalue weighted by molar-refractivity contribution is 0.00429. The summed E-state index contributed by atoms with van der Waals surface area (Å²) in [6.45, 7) is 0. The molecule has 2 atom stereocenters. The van der Waals surface area contributed by atoms with Crippen molar-refractivity contribution in [2.24, 2.45) is 11.8 Å². The van der Waals surface area contributed by atoms with E-state index in [0.717, 1.165) is 10.5 Å². The van der Waals surface area contributed by atoms with Crippen LogP contribution in [0.5, 0.6) is 0 Å². The zero-order valence-electron chi connectivity index (χ0n) is 11.0. The predicted molar refractivity (Wildman–Crippen MR) is 75.2 cm³/mol. The molecule has 1 aromatic carbocycles. The number of hydrogen-bond donors (Lipinski definition) is 2. The highest BCUT2D eigenvalue weighted by Crippen LogP contribution is 2.43. The molecule has 5 heteroatoms. The van der Waals surface area contributed by atoms with Gasteiger partial charge >= 0.3 is 0 Å². The van der Waals surface area contributed by atoms with E-state index in [1.807, 2.05) is 30.5 Å². The minimum atomic E-state index is -2.48. The third kappa shape index (κ3) is 3.68. The predicted octanol–water partition coefficient (Wildman–Crippen LogP) is 3.74. The van der Waals surface area contributed by atoms with Crippen LogP contribution in [-0.4, -0.2) is 12.2 Å². The van der Waals surface area contributed by atoms with E-state index in [2.05, 4.69) is 5.43 Å². The van der Waals surface area contributed by atoms with Crippen LogP contribution in [0, 0.1) is 5.92 Å². The molecule has 2 nitrogen and oxygen atoms in total. The second-order valence-electron chi connectivity index (χ2n) is 5.16. The van der Waals surface area contributed by atoms with Crippen molar-refractivity contribution in [3.05, 3.63) is 29.8 Å². The van der Waals surface area contributed by atoms with Crippen LogP contribution in [0.2, 0.25) is 0 Å². The summed E-state index contributed by atoms with van der Waals surface area (Å²) in [6.07, 6.45) is 3.28. The van der Waals surface area contributed by atoms with Crippen LogP contribution < -0.4 is 11.3 Å². The number of nitrogens with one attached hydrogen (secondary N) is 1. The molecule has 0 bridgehead atoms. The van der Waals surface area contributed by atoms with Gasteiger partial charge in [0.2, 0.25) is 5.92 Å². The third-order valence-corrected chi connectivity index (χ3v) is 4.60. The molecule has 2 rings (SSSR count). The Morgan fingerprint density at radius 3 is 2.79 bits per heavy atom. The molecule has 0 heterocycles. The molecule has 1 aliphatic carbocycles. The van der Waals surface area contributed by atoms with Gasteiger partial charge in [-0.05, 0) is 36.6 Å². The van der Waals surface area contributed by atoms with E-state index < -0.39 is 5.92 Å². The fourth-order valence-corrected chi connectivity index (χ4v) is 3.48. The highest BCUT2D eigenvalue weighted by atomic mass is 32.2. The van der Waals surface area contributed by atoms with Gasteiger partial charge in [0.1, 0.15) is 0 Å². The Morgan fingerprint density at radius 1 is 1.47 bits per heavy atom. The molecule has 0 aliphatic heterocycles. The van der Waals surface area contributed by atoms with Gasteiger partial charge in [0.15, 0.2) is 0 Å². The average molecular weight is 286 g/mol. The number of hydrazine groups is 1. The van der Waals surface area contributed by atoms with Gasteiger partial charge in [-0.2, -0.15) is 0 Å². The first-order chi connectivity index (χ1) is 9.05. The summed E-state index contributed by atoms with van der Waals surface area (Å²) in [5.41, 5.74) is 3.89.